The van der Waals surface area contributed by atoms with Gasteiger partial charge in [0.1, 0.15) is 0 Å². The Morgan fingerprint density at radius 3 is 1.28 bits per heavy atom. The third kappa shape index (κ3) is 3.39. The van der Waals surface area contributed by atoms with Gasteiger partial charge in [-0.05, 0) is 23.3 Å². The molecule has 0 amide bonds. The van der Waals surface area contributed by atoms with Crippen LogP contribution in [-0.4, -0.2) is 0 Å². The monoisotopic (exact) mass is 242 g/mol. The van der Waals surface area contributed by atoms with Crippen LogP contribution in [-0.2, 0) is 0 Å². The SMILES string of the molecule is FC(=C\c1ccccc1)/C(F)=C/c1ccccc1. The minimum Gasteiger partial charge on any atom is -0.204 e. The van der Waals surface area contributed by atoms with E-state index in [1.807, 2.05) is 12.1 Å². The minimum atomic E-state index is -0.870. The van der Waals surface area contributed by atoms with E-state index >= 15 is 0 Å². The van der Waals surface area contributed by atoms with E-state index in [0.717, 1.165) is 0 Å². The summed E-state index contributed by atoms with van der Waals surface area (Å²) in [6, 6.07) is 17.6. The fourth-order valence-corrected chi connectivity index (χ4v) is 1.53. The lowest BCUT2D eigenvalue weighted by atomic mass is 10.1. The molecule has 0 aliphatic heterocycles. The van der Waals surface area contributed by atoms with Gasteiger partial charge in [0.05, 0.1) is 0 Å². The molecule has 0 aromatic heterocycles. The fraction of sp³-hybridized carbons (Fsp3) is 0. The van der Waals surface area contributed by atoms with Crippen LogP contribution < -0.4 is 0 Å². The Morgan fingerprint density at radius 1 is 0.611 bits per heavy atom. The molecular weight excluding hydrogens is 230 g/mol. The summed E-state index contributed by atoms with van der Waals surface area (Å²) in [5, 5.41) is 0. The second-order valence-electron chi connectivity index (χ2n) is 3.81. The Morgan fingerprint density at radius 2 is 0.944 bits per heavy atom. The Balaban J connectivity index is 2.21. The van der Waals surface area contributed by atoms with Gasteiger partial charge in [-0.15, -0.1) is 0 Å². The molecule has 0 saturated heterocycles. The molecule has 18 heavy (non-hydrogen) atoms. The summed E-state index contributed by atoms with van der Waals surface area (Å²) < 4.78 is 27.2. The van der Waals surface area contributed by atoms with Gasteiger partial charge >= 0.3 is 0 Å². The first-order chi connectivity index (χ1) is 8.75. The Kier molecular flexibility index (Phi) is 4.02. The van der Waals surface area contributed by atoms with Gasteiger partial charge in [-0.25, -0.2) is 8.78 Å². The van der Waals surface area contributed by atoms with Crippen molar-refractivity contribution in [3.63, 3.8) is 0 Å². The first kappa shape index (κ1) is 12.2. The first-order valence-corrected chi connectivity index (χ1v) is 5.60. The van der Waals surface area contributed by atoms with E-state index < -0.39 is 11.7 Å². The molecule has 2 aromatic rings. The summed E-state index contributed by atoms with van der Waals surface area (Å²) in [7, 11) is 0. The molecule has 0 atom stereocenters. The third-order valence-electron chi connectivity index (χ3n) is 2.41. The van der Waals surface area contributed by atoms with Crippen molar-refractivity contribution in [2.75, 3.05) is 0 Å². The largest absolute Gasteiger partial charge is 0.204 e. The van der Waals surface area contributed by atoms with E-state index in [4.69, 9.17) is 0 Å². The molecule has 2 heteroatoms. The van der Waals surface area contributed by atoms with E-state index in [9.17, 15) is 8.78 Å². The van der Waals surface area contributed by atoms with E-state index in [-0.39, 0.29) is 0 Å². The van der Waals surface area contributed by atoms with Crippen molar-refractivity contribution >= 4 is 12.2 Å². The molecule has 0 unspecified atom stereocenters. The fourth-order valence-electron chi connectivity index (χ4n) is 1.53. The summed E-state index contributed by atoms with van der Waals surface area (Å²) in [6.07, 6.45) is 2.35. The average Bonchev–Trinajstić information content (AvgIpc) is 2.41. The van der Waals surface area contributed by atoms with Crippen molar-refractivity contribution in [3.8, 4) is 0 Å². The zero-order valence-corrected chi connectivity index (χ0v) is 9.68. The van der Waals surface area contributed by atoms with Crippen LogP contribution in [0.25, 0.3) is 12.2 Å². The van der Waals surface area contributed by atoms with E-state index in [1.165, 1.54) is 12.2 Å². The quantitative estimate of drug-likeness (QED) is 0.664. The number of allylic oxidation sites excluding steroid dienone is 2. The van der Waals surface area contributed by atoms with Gasteiger partial charge in [0.25, 0.3) is 0 Å². The molecule has 2 aromatic carbocycles. The van der Waals surface area contributed by atoms with Gasteiger partial charge in [-0.2, -0.15) is 0 Å². The van der Waals surface area contributed by atoms with Crippen LogP contribution in [0.4, 0.5) is 8.78 Å². The summed E-state index contributed by atoms with van der Waals surface area (Å²) in [5.74, 6) is -1.74. The van der Waals surface area contributed by atoms with E-state index in [2.05, 4.69) is 0 Å². The number of hydrogen-bond donors (Lipinski definition) is 0. The predicted molar refractivity (Wildman–Crippen MR) is 71.1 cm³/mol. The second-order valence-corrected chi connectivity index (χ2v) is 3.81. The minimum absolute atomic E-state index is 0.631. The summed E-state index contributed by atoms with van der Waals surface area (Å²) >= 11 is 0. The Hall–Kier alpha value is -2.22. The van der Waals surface area contributed by atoms with Crippen molar-refractivity contribution in [3.05, 3.63) is 83.4 Å². The average molecular weight is 242 g/mol. The highest BCUT2D eigenvalue weighted by atomic mass is 19.2. The highest BCUT2D eigenvalue weighted by Crippen LogP contribution is 2.20. The molecular formula is C16H12F2. The molecule has 0 spiro atoms. The van der Waals surface area contributed by atoms with Crippen molar-refractivity contribution in [2.24, 2.45) is 0 Å². The van der Waals surface area contributed by atoms with Crippen molar-refractivity contribution in [1.29, 1.82) is 0 Å². The number of rotatable bonds is 3. The van der Waals surface area contributed by atoms with Crippen LogP contribution in [0.2, 0.25) is 0 Å². The molecule has 0 N–H and O–H groups in total. The number of hydrogen-bond acceptors (Lipinski definition) is 0. The lowest BCUT2D eigenvalue weighted by Gasteiger charge is -1.96. The number of benzene rings is 2. The molecule has 0 bridgehead atoms. The molecule has 0 radical (unpaired) electrons. The van der Waals surface area contributed by atoms with E-state index in [1.54, 1.807) is 48.5 Å². The van der Waals surface area contributed by atoms with Crippen molar-refractivity contribution in [1.82, 2.24) is 0 Å². The van der Waals surface area contributed by atoms with Crippen molar-refractivity contribution < 1.29 is 8.78 Å². The molecule has 0 nitrogen and oxygen atoms in total. The second kappa shape index (κ2) is 5.92. The zero-order chi connectivity index (χ0) is 12.8. The molecule has 0 aliphatic carbocycles. The van der Waals surface area contributed by atoms with Crippen LogP contribution >= 0.6 is 0 Å². The van der Waals surface area contributed by atoms with E-state index in [0.29, 0.717) is 11.1 Å². The maximum absolute atomic E-state index is 13.6. The lowest BCUT2D eigenvalue weighted by molar-refractivity contribution is 0.555. The number of halogens is 2. The Labute approximate surface area is 105 Å². The van der Waals surface area contributed by atoms with Crippen LogP contribution in [0, 0.1) is 0 Å². The maximum atomic E-state index is 13.6. The van der Waals surface area contributed by atoms with Gasteiger partial charge in [0.2, 0.25) is 0 Å². The van der Waals surface area contributed by atoms with Gasteiger partial charge in [0.15, 0.2) is 11.7 Å². The van der Waals surface area contributed by atoms with Gasteiger partial charge in [-0.3, -0.25) is 0 Å². The molecule has 0 fully saturated rings. The van der Waals surface area contributed by atoms with Crippen LogP contribution in [0.5, 0.6) is 0 Å². The molecule has 0 saturated carbocycles. The lowest BCUT2D eigenvalue weighted by Crippen LogP contribution is -1.78. The molecule has 0 aliphatic rings. The summed E-state index contributed by atoms with van der Waals surface area (Å²) in [6.45, 7) is 0. The van der Waals surface area contributed by atoms with Crippen LogP contribution in [0.15, 0.2) is 72.3 Å². The molecule has 90 valence electrons. The predicted octanol–water partition coefficient (Wildman–Crippen LogP) is 5.01. The Bertz CT molecular complexity index is 501. The topological polar surface area (TPSA) is 0 Å². The first-order valence-electron chi connectivity index (χ1n) is 5.60. The maximum Gasteiger partial charge on any atom is 0.159 e. The van der Waals surface area contributed by atoms with Gasteiger partial charge in [0, 0.05) is 0 Å². The molecule has 2 rings (SSSR count). The summed E-state index contributed by atoms with van der Waals surface area (Å²) in [5.41, 5.74) is 1.26. The van der Waals surface area contributed by atoms with Gasteiger partial charge in [-0.1, -0.05) is 60.7 Å². The standard InChI is InChI=1S/C16H12F2/c17-15(11-13-7-3-1-4-8-13)16(18)12-14-9-5-2-6-10-14/h1-12H/b15-11-,16-12-. The normalized spacial score (nSPS) is 12.6. The highest BCUT2D eigenvalue weighted by molar-refractivity contribution is 5.61. The van der Waals surface area contributed by atoms with Gasteiger partial charge < -0.3 is 0 Å². The highest BCUT2D eigenvalue weighted by Gasteiger charge is 2.03. The van der Waals surface area contributed by atoms with Crippen LogP contribution in [0.1, 0.15) is 11.1 Å². The van der Waals surface area contributed by atoms with Crippen LogP contribution in [0.3, 0.4) is 0 Å². The third-order valence-corrected chi connectivity index (χ3v) is 2.41. The van der Waals surface area contributed by atoms with Crippen molar-refractivity contribution in [2.45, 2.75) is 0 Å². The zero-order valence-electron chi connectivity index (χ0n) is 9.68. The molecule has 0 heterocycles. The summed E-state index contributed by atoms with van der Waals surface area (Å²) in [4.78, 5) is 0. The smallest absolute Gasteiger partial charge is 0.159 e.